The van der Waals surface area contributed by atoms with Crippen molar-refractivity contribution in [2.24, 2.45) is 5.73 Å². The van der Waals surface area contributed by atoms with E-state index in [0.29, 0.717) is 24.2 Å². The molecule has 0 amide bonds. The van der Waals surface area contributed by atoms with Gasteiger partial charge in [0.25, 0.3) is 0 Å². The molecule has 0 atom stereocenters. The van der Waals surface area contributed by atoms with Gasteiger partial charge in [-0.2, -0.15) is 0 Å². The van der Waals surface area contributed by atoms with Crippen molar-refractivity contribution in [2.45, 2.75) is 39.7 Å². The first kappa shape index (κ1) is 16.5. The molecule has 1 aromatic heterocycles. The minimum Gasteiger partial charge on any atom is -0.478 e. The lowest BCUT2D eigenvalue weighted by atomic mass is 10.00. The molecular weight excluding hydrogens is 280 g/mol. The Balaban J connectivity index is 2.80. The van der Waals surface area contributed by atoms with E-state index in [1.165, 1.54) is 0 Å². The Hall–Kier alpha value is -1.85. The van der Waals surface area contributed by atoms with E-state index in [-0.39, 0.29) is 6.61 Å². The molecule has 5 nitrogen and oxygen atoms in total. The number of hydrogen-bond donors (Lipinski definition) is 3. The molecule has 22 heavy (non-hydrogen) atoms. The lowest BCUT2D eigenvalue weighted by Crippen LogP contribution is -2.08. The Labute approximate surface area is 130 Å². The first-order valence-corrected chi connectivity index (χ1v) is 7.73. The van der Waals surface area contributed by atoms with Gasteiger partial charge in [0, 0.05) is 17.6 Å². The zero-order valence-electron chi connectivity index (χ0n) is 13.2. The Kier molecular flexibility index (Phi) is 5.21. The number of carboxylic acid groups (broad SMARTS) is 1. The van der Waals surface area contributed by atoms with Crippen LogP contribution in [0.1, 0.15) is 40.5 Å². The van der Waals surface area contributed by atoms with Crippen LogP contribution in [0.3, 0.4) is 0 Å². The van der Waals surface area contributed by atoms with Gasteiger partial charge in [0.15, 0.2) is 0 Å². The fourth-order valence-electron chi connectivity index (χ4n) is 3.08. The fraction of sp³-hybridized carbons (Fsp3) is 0.471. The van der Waals surface area contributed by atoms with Crippen LogP contribution < -0.4 is 5.73 Å². The summed E-state index contributed by atoms with van der Waals surface area (Å²) in [6.45, 7) is 4.99. The van der Waals surface area contributed by atoms with Crippen molar-refractivity contribution >= 4 is 16.9 Å². The summed E-state index contributed by atoms with van der Waals surface area (Å²) >= 11 is 0. The number of nitrogens with two attached hydrogens (primary N) is 1. The van der Waals surface area contributed by atoms with Crippen molar-refractivity contribution in [3.63, 3.8) is 0 Å². The van der Waals surface area contributed by atoms with Crippen LogP contribution in [0, 0.1) is 6.92 Å². The van der Waals surface area contributed by atoms with E-state index in [9.17, 15) is 15.0 Å². The van der Waals surface area contributed by atoms with Crippen LogP contribution in [-0.4, -0.2) is 33.9 Å². The van der Waals surface area contributed by atoms with Gasteiger partial charge in [-0.05, 0) is 56.0 Å². The normalized spacial score (nSPS) is 11.3. The zero-order valence-corrected chi connectivity index (χ0v) is 13.2. The van der Waals surface area contributed by atoms with Crippen molar-refractivity contribution in [1.82, 2.24) is 4.57 Å². The van der Waals surface area contributed by atoms with E-state index < -0.39 is 5.97 Å². The van der Waals surface area contributed by atoms with Gasteiger partial charge in [0.1, 0.15) is 0 Å². The molecule has 0 spiro atoms. The molecule has 0 aliphatic heterocycles. The quantitative estimate of drug-likeness (QED) is 0.731. The minimum absolute atomic E-state index is 0.0183. The number of carboxylic acids is 1. The van der Waals surface area contributed by atoms with E-state index in [1.807, 2.05) is 18.4 Å². The molecule has 2 rings (SSSR count). The summed E-state index contributed by atoms with van der Waals surface area (Å²) in [4.78, 5) is 11.7. The van der Waals surface area contributed by atoms with Crippen molar-refractivity contribution in [2.75, 3.05) is 13.2 Å². The predicted molar refractivity (Wildman–Crippen MR) is 87.5 cm³/mol. The summed E-state index contributed by atoms with van der Waals surface area (Å²) < 4.78 is 1.92. The number of aryl methyl sites for hydroxylation is 2. The number of nitrogens with zero attached hydrogens (tertiary/aromatic N) is 1. The molecule has 5 heteroatoms. The van der Waals surface area contributed by atoms with Gasteiger partial charge in [-0.3, -0.25) is 0 Å². The average molecular weight is 304 g/mol. The van der Waals surface area contributed by atoms with Crippen molar-refractivity contribution in [1.29, 1.82) is 0 Å². The maximum Gasteiger partial charge on any atom is 0.337 e. The van der Waals surface area contributed by atoms with Crippen LogP contribution >= 0.6 is 0 Å². The predicted octanol–water partition coefficient (Wildman–Crippen LogP) is 2.09. The van der Waals surface area contributed by atoms with E-state index >= 15 is 0 Å². The first-order valence-electron chi connectivity index (χ1n) is 7.73. The molecule has 120 valence electrons. The third kappa shape index (κ3) is 2.87. The molecule has 0 saturated heterocycles. The fourth-order valence-corrected chi connectivity index (χ4v) is 3.08. The summed E-state index contributed by atoms with van der Waals surface area (Å²) in [5.41, 5.74) is 9.83. The monoisotopic (exact) mass is 304 g/mol. The van der Waals surface area contributed by atoms with Gasteiger partial charge in [-0.1, -0.05) is 6.92 Å². The SMILES string of the molecule is CCc1cc(C(=O)O)c2c(c1)c(CCCN)c(C)n2CCO. The second kappa shape index (κ2) is 6.94. The molecule has 1 aromatic carbocycles. The van der Waals surface area contributed by atoms with E-state index in [1.54, 1.807) is 6.07 Å². The number of aromatic carboxylic acids is 1. The van der Waals surface area contributed by atoms with Crippen LogP contribution in [0.5, 0.6) is 0 Å². The number of aliphatic hydroxyl groups excluding tert-OH is 1. The molecule has 2 aromatic rings. The smallest absolute Gasteiger partial charge is 0.337 e. The highest BCUT2D eigenvalue weighted by Crippen LogP contribution is 2.31. The summed E-state index contributed by atoms with van der Waals surface area (Å²) in [5, 5.41) is 19.9. The number of fused-ring (bicyclic) bond motifs is 1. The van der Waals surface area contributed by atoms with Crippen molar-refractivity contribution in [3.8, 4) is 0 Å². The van der Waals surface area contributed by atoms with Crippen molar-refractivity contribution < 1.29 is 15.0 Å². The largest absolute Gasteiger partial charge is 0.478 e. The van der Waals surface area contributed by atoms with Gasteiger partial charge in [-0.25, -0.2) is 4.79 Å². The first-order chi connectivity index (χ1) is 10.5. The van der Waals surface area contributed by atoms with Gasteiger partial charge in [0.05, 0.1) is 17.7 Å². The number of rotatable bonds is 7. The molecule has 0 fully saturated rings. The Morgan fingerprint density at radius 3 is 2.64 bits per heavy atom. The average Bonchev–Trinajstić information content (AvgIpc) is 2.77. The standard InChI is InChI=1S/C17H24N2O3/c1-3-12-9-14-13(5-4-6-18)11(2)19(7-8-20)16(14)15(10-12)17(21)22/h9-10,20H,3-8,18H2,1-2H3,(H,21,22). The Morgan fingerprint density at radius 2 is 2.09 bits per heavy atom. The minimum atomic E-state index is -0.928. The van der Waals surface area contributed by atoms with Crippen LogP contribution in [0.4, 0.5) is 0 Å². The van der Waals surface area contributed by atoms with Gasteiger partial charge in [0.2, 0.25) is 0 Å². The number of aliphatic hydroxyl groups is 1. The molecule has 0 unspecified atom stereocenters. The van der Waals surface area contributed by atoms with E-state index in [0.717, 1.165) is 41.5 Å². The lowest BCUT2D eigenvalue weighted by Gasteiger charge is -2.09. The van der Waals surface area contributed by atoms with E-state index in [2.05, 4.69) is 6.07 Å². The molecule has 0 aliphatic carbocycles. The lowest BCUT2D eigenvalue weighted by molar-refractivity contribution is 0.0698. The van der Waals surface area contributed by atoms with Crippen LogP contribution in [0.2, 0.25) is 0 Å². The van der Waals surface area contributed by atoms with Gasteiger partial charge >= 0.3 is 5.97 Å². The second-order valence-electron chi connectivity index (χ2n) is 5.53. The number of hydrogen-bond acceptors (Lipinski definition) is 3. The highest BCUT2D eigenvalue weighted by atomic mass is 16.4. The molecule has 0 radical (unpaired) electrons. The maximum absolute atomic E-state index is 11.7. The summed E-state index contributed by atoms with van der Waals surface area (Å²) in [6.07, 6.45) is 2.47. The Bertz CT molecular complexity index is 689. The topological polar surface area (TPSA) is 88.5 Å². The number of aromatic nitrogens is 1. The highest BCUT2D eigenvalue weighted by molar-refractivity contribution is 6.04. The van der Waals surface area contributed by atoms with Crippen molar-refractivity contribution in [3.05, 3.63) is 34.5 Å². The summed E-state index contributed by atoms with van der Waals surface area (Å²) in [6, 6.07) is 3.82. The number of carbonyl (C=O) groups is 1. The third-order valence-electron chi connectivity index (χ3n) is 4.20. The van der Waals surface area contributed by atoms with Gasteiger partial charge < -0.3 is 20.5 Å². The molecule has 0 aliphatic rings. The third-order valence-corrected chi connectivity index (χ3v) is 4.20. The summed E-state index contributed by atoms with van der Waals surface area (Å²) in [5.74, 6) is -0.928. The molecular formula is C17H24N2O3. The zero-order chi connectivity index (χ0) is 16.3. The Morgan fingerprint density at radius 1 is 1.36 bits per heavy atom. The molecule has 1 heterocycles. The van der Waals surface area contributed by atoms with Crippen LogP contribution in [0.15, 0.2) is 12.1 Å². The van der Waals surface area contributed by atoms with Gasteiger partial charge in [-0.15, -0.1) is 0 Å². The molecule has 0 saturated carbocycles. The second-order valence-corrected chi connectivity index (χ2v) is 5.53. The molecule has 0 bridgehead atoms. The highest BCUT2D eigenvalue weighted by Gasteiger charge is 2.20. The molecule has 4 N–H and O–H groups in total. The van der Waals surface area contributed by atoms with Crippen LogP contribution in [-0.2, 0) is 19.4 Å². The summed E-state index contributed by atoms with van der Waals surface area (Å²) in [7, 11) is 0. The van der Waals surface area contributed by atoms with E-state index in [4.69, 9.17) is 5.73 Å². The number of benzene rings is 1. The maximum atomic E-state index is 11.7. The van der Waals surface area contributed by atoms with Crippen LogP contribution in [0.25, 0.3) is 10.9 Å².